The largest absolute Gasteiger partial charge is 0.354 e. The zero-order chi connectivity index (χ0) is 37.0. The van der Waals surface area contributed by atoms with E-state index in [4.69, 9.17) is 15.0 Å². The van der Waals surface area contributed by atoms with Crippen LogP contribution in [0.3, 0.4) is 0 Å². The fourth-order valence-corrected chi connectivity index (χ4v) is 8.14. The lowest BCUT2D eigenvalue weighted by Crippen LogP contribution is -2.01. The summed E-state index contributed by atoms with van der Waals surface area (Å²) in [5, 5.41) is 4.89. The number of aromatic nitrogens is 5. The maximum Gasteiger partial charge on any atom is 0.164 e. The van der Waals surface area contributed by atoms with Crippen molar-refractivity contribution in [2.75, 3.05) is 0 Å². The van der Waals surface area contributed by atoms with Gasteiger partial charge in [-0.3, -0.25) is 0 Å². The van der Waals surface area contributed by atoms with Crippen molar-refractivity contribution in [3.05, 3.63) is 194 Å². The Morgan fingerprint density at radius 2 is 0.875 bits per heavy atom. The molecule has 0 atom stereocenters. The molecule has 1 N–H and O–H groups in total. The predicted molar refractivity (Wildman–Crippen MR) is 231 cm³/mol. The van der Waals surface area contributed by atoms with E-state index in [1.165, 1.54) is 38.2 Å². The van der Waals surface area contributed by atoms with E-state index >= 15 is 0 Å². The Hall–Kier alpha value is -7.63. The highest BCUT2D eigenvalue weighted by atomic mass is 15.0. The quantitative estimate of drug-likeness (QED) is 0.186. The summed E-state index contributed by atoms with van der Waals surface area (Å²) >= 11 is 0. The molecule has 0 fully saturated rings. The molecular formula is C51H33N5. The molecule has 262 valence electrons. The second-order valence-corrected chi connectivity index (χ2v) is 14.1. The molecular weight excluding hydrogens is 683 g/mol. The minimum absolute atomic E-state index is 0.623. The molecule has 3 heterocycles. The lowest BCUT2D eigenvalue weighted by Gasteiger charge is -2.12. The van der Waals surface area contributed by atoms with Gasteiger partial charge in [0.05, 0.1) is 11.0 Å². The summed E-state index contributed by atoms with van der Waals surface area (Å²) in [6.07, 6.45) is 0. The van der Waals surface area contributed by atoms with Gasteiger partial charge in [-0.25, -0.2) is 15.0 Å². The van der Waals surface area contributed by atoms with Gasteiger partial charge in [0.2, 0.25) is 0 Å². The molecule has 0 bridgehead atoms. The van der Waals surface area contributed by atoms with Gasteiger partial charge < -0.3 is 9.55 Å². The number of hydrogen-bond donors (Lipinski definition) is 1. The Kier molecular flexibility index (Phi) is 7.42. The number of nitrogens with zero attached hydrogens (tertiary/aromatic N) is 4. The summed E-state index contributed by atoms with van der Waals surface area (Å²) in [4.78, 5) is 18.8. The van der Waals surface area contributed by atoms with Crippen molar-refractivity contribution in [2.24, 2.45) is 0 Å². The monoisotopic (exact) mass is 715 g/mol. The van der Waals surface area contributed by atoms with Gasteiger partial charge in [0, 0.05) is 55.0 Å². The van der Waals surface area contributed by atoms with E-state index in [9.17, 15) is 0 Å². The molecule has 11 aromatic rings. The molecule has 0 aliphatic carbocycles. The average molecular weight is 716 g/mol. The smallest absolute Gasteiger partial charge is 0.164 e. The molecule has 0 saturated heterocycles. The highest BCUT2D eigenvalue weighted by Crippen LogP contribution is 2.39. The zero-order valence-electron chi connectivity index (χ0n) is 30.3. The number of H-pyrrole nitrogens is 1. The average Bonchev–Trinajstić information content (AvgIpc) is 3.83. The molecule has 0 aliphatic heterocycles. The van der Waals surface area contributed by atoms with Crippen LogP contribution in [0.15, 0.2) is 194 Å². The van der Waals surface area contributed by atoms with Gasteiger partial charge in [0.1, 0.15) is 0 Å². The third kappa shape index (κ3) is 5.37. The number of rotatable bonds is 6. The minimum Gasteiger partial charge on any atom is -0.354 e. The number of benzene rings is 8. The minimum atomic E-state index is 0.623. The summed E-state index contributed by atoms with van der Waals surface area (Å²) < 4.78 is 2.35. The van der Waals surface area contributed by atoms with E-state index < -0.39 is 0 Å². The summed E-state index contributed by atoms with van der Waals surface area (Å²) in [7, 11) is 0. The molecule has 0 amide bonds. The molecule has 5 heteroatoms. The third-order valence-corrected chi connectivity index (χ3v) is 10.8. The van der Waals surface area contributed by atoms with Crippen molar-refractivity contribution in [3.8, 4) is 62.1 Å². The number of nitrogens with one attached hydrogen (secondary N) is 1. The molecule has 0 aliphatic rings. The number of para-hydroxylation sites is 2. The zero-order valence-corrected chi connectivity index (χ0v) is 30.3. The van der Waals surface area contributed by atoms with Crippen LogP contribution in [0.4, 0.5) is 0 Å². The van der Waals surface area contributed by atoms with Crippen LogP contribution in [-0.4, -0.2) is 24.5 Å². The first-order chi connectivity index (χ1) is 27.7. The summed E-state index contributed by atoms with van der Waals surface area (Å²) in [5.74, 6) is 1.89. The van der Waals surface area contributed by atoms with Gasteiger partial charge in [-0.15, -0.1) is 0 Å². The second kappa shape index (κ2) is 13.0. The van der Waals surface area contributed by atoms with Crippen molar-refractivity contribution in [2.45, 2.75) is 0 Å². The SMILES string of the molecule is c1ccc(-c2ccc(-c3nc(-c4ccccc4)nc(-c4cccc(-n5c6ccccc6c6cc(-c7cccc8[nH]c9ccccc9c78)ccc65)c4)n3)cc2)cc1. The Morgan fingerprint density at radius 3 is 1.66 bits per heavy atom. The first kappa shape index (κ1) is 31.9. The summed E-state index contributed by atoms with van der Waals surface area (Å²) in [6, 6.07) is 68.1. The van der Waals surface area contributed by atoms with Crippen molar-refractivity contribution < 1.29 is 0 Å². The summed E-state index contributed by atoms with van der Waals surface area (Å²) in [5.41, 5.74) is 13.1. The Morgan fingerprint density at radius 1 is 0.339 bits per heavy atom. The van der Waals surface area contributed by atoms with Crippen molar-refractivity contribution in [1.29, 1.82) is 0 Å². The topological polar surface area (TPSA) is 59.4 Å². The Bertz CT molecular complexity index is 3230. The van der Waals surface area contributed by atoms with E-state index in [0.29, 0.717) is 17.5 Å². The lowest BCUT2D eigenvalue weighted by molar-refractivity contribution is 1.07. The molecule has 0 spiro atoms. The number of hydrogen-bond acceptors (Lipinski definition) is 3. The maximum atomic E-state index is 5.10. The maximum absolute atomic E-state index is 5.10. The van der Waals surface area contributed by atoms with Gasteiger partial charge in [-0.2, -0.15) is 0 Å². The van der Waals surface area contributed by atoms with Crippen LogP contribution in [-0.2, 0) is 0 Å². The molecule has 11 rings (SSSR count). The standard InChI is InChI=1S/C51H33N5/c1-3-13-33(14-4-1)34-25-27-36(28-26-34)50-53-49(35-15-5-2-6-16-35)54-51(55-50)38-17-11-18-39(31-38)56-46-24-10-8-19-41(46)43-32-37(29-30-47(43)56)40-21-12-23-45-48(40)42-20-7-9-22-44(42)52-45/h1-32,52H. The van der Waals surface area contributed by atoms with E-state index in [-0.39, 0.29) is 0 Å². The normalized spacial score (nSPS) is 11.6. The number of fused-ring (bicyclic) bond motifs is 6. The Balaban J connectivity index is 1.05. The fourth-order valence-electron chi connectivity index (χ4n) is 8.14. The molecule has 0 saturated carbocycles. The molecule has 56 heavy (non-hydrogen) atoms. The predicted octanol–water partition coefficient (Wildman–Crippen LogP) is 12.9. The molecule has 5 nitrogen and oxygen atoms in total. The highest BCUT2D eigenvalue weighted by molar-refractivity contribution is 6.16. The van der Waals surface area contributed by atoms with E-state index in [0.717, 1.165) is 50.0 Å². The van der Waals surface area contributed by atoms with Crippen molar-refractivity contribution >= 4 is 43.6 Å². The van der Waals surface area contributed by atoms with Gasteiger partial charge >= 0.3 is 0 Å². The number of aromatic amines is 1. The molecule has 3 aromatic heterocycles. The molecule has 8 aromatic carbocycles. The van der Waals surface area contributed by atoms with Gasteiger partial charge in [-0.1, -0.05) is 152 Å². The van der Waals surface area contributed by atoms with Gasteiger partial charge in [-0.05, 0) is 64.7 Å². The Labute approximate surface area is 323 Å². The lowest BCUT2D eigenvalue weighted by atomic mass is 9.98. The van der Waals surface area contributed by atoms with Crippen molar-refractivity contribution in [3.63, 3.8) is 0 Å². The summed E-state index contributed by atoms with van der Waals surface area (Å²) in [6.45, 7) is 0. The molecule has 0 radical (unpaired) electrons. The van der Waals surface area contributed by atoms with Crippen LogP contribution >= 0.6 is 0 Å². The van der Waals surface area contributed by atoms with E-state index in [1.807, 2.05) is 36.4 Å². The second-order valence-electron chi connectivity index (χ2n) is 14.1. The first-order valence-corrected chi connectivity index (χ1v) is 18.9. The van der Waals surface area contributed by atoms with Crippen LogP contribution in [0.1, 0.15) is 0 Å². The van der Waals surface area contributed by atoms with Crippen molar-refractivity contribution in [1.82, 2.24) is 24.5 Å². The first-order valence-electron chi connectivity index (χ1n) is 18.9. The van der Waals surface area contributed by atoms with E-state index in [1.54, 1.807) is 0 Å². The van der Waals surface area contributed by atoms with Crippen LogP contribution in [0.25, 0.3) is 106 Å². The third-order valence-electron chi connectivity index (χ3n) is 10.8. The van der Waals surface area contributed by atoms with Crippen LogP contribution in [0, 0.1) is 0 Å². The van der Waals surface area contributed by atoms with Gasteiger partial charge in [0.15, 0.2) is 17.5 Å². The van der Waals surface area contributed by atoms with Gasteiger partial charge in [0.25, 0.3) is 0 Å². The van der Waals surface area contributed by atoms with Crippen LogP contribution < -0.4 is 0 Å². The van der Waals surface area contributed by atoms with E-state index in [2.05, 4.69) is 167 Å². The fraction of sp³-hybridized carbons (Fsp3) is 0. The highest BCUT2D eigenvalue weighted by Gasteiger charge is 2.18. The molecule has 0 unspecified atom stereocenters. The van der Waals surface area contributed by atoms with Crippen LogP contribution in [0.5, 0.6) is 0 Å². The van der Waals surface area contributed by atoms with Crippen LogP contribution in [0.2, 0.25) is 0 Å².